The van der Waals surface area contributed by atoms with Gasteiger partial charge in [0.1, 0.15) is 5.60 Å². The summed E-state index contributed by atoms with van der Waals surface area (Å²) in [5.41, 5.74) is 1.32. The molecule has 4 aliphatic rings. The molecule has 8 heteroatoms. The minimum absolute atomic E-state index is 0.213. The number of aromatic hydroxyl groups is 2. The molecule has 0 radical (unpaired) electrons. The van der Waals surface area contributed by atoms with E-state index in [1.807, 2.05) is 23.1 Å². The summed E-state index contributed by atoms with van der Waals surface area (Å²) in [5, 5.41) is 19.6. The molecule has 0 aromatic heterocycles. The Bertz CT molecular complexity index is 1150. The number of piperidine rings is 1. The Hall–Kier alpha value is -3.55. The van der Waals surface area contributed by atoms with Crippen LogP contribution in [0.1, 0.15) is 39.9 Å². The Morgan fingerprint density at radius 3 is 2.23 bits per heavy atom. The van der Waals surface area contributed by atoms with Gasteiger partial charge in [-0.2, -0.15) is 4.99 Å². The maximum absolute atomic E-state index is 12.8. The summed E-state index contributed by atoms with van der Waals surface area (Å²) in [7, 11) is 0. The highest BCUT2D eigenvalue weighted by Gasteiger charge is 2.53. The van der Waals surface area contributed by atoms with Crippen molar-refractivity contribution in [2.24, 2.45) is 4.99 Å². The smallest absolute Gasteiger partial charge is 0.339 e. The lowest BCUT2D eigenvalue weighted by Gasteiger charge is -2.39. The van der Waals surface area contributed by atoms with Gasteiger partial charge in [-0.25, -0.2) is 4.79 Å². The number of likely N-dealkylation sites (tertiary alicyclic amines) is 1. The number of aliphatic imine (C=N–C) groups is 1. The normalized spacial score (nSPS) is 22.3. The van der Waals surface area contributed by atoms with Crippen LogP contribution in [0.5, 0.6) is 11.5 Å². The zero-order valence-corrected chi connectivity index (χ0v) is 16.6. The molecule has 1 saturated heterocycles. The largest absolute Gasteiger partial charge is 0.504 e. The number of fused-ring (bicyclic) bond motifs is 3. The van der Waals surface area contributed by atoms with Crippen LogP contribution in [0, 0.1) is 0 Å². The zero-order chi connectivity index (χ0) is 21.4. The summed E-state index contributed by atoms with van der Waals surface area (Å²) >= 11 is 0. The van der Waals surface area contributed by atoms with Crippen molar-refractivity contribution in [3.63, 3.8) is 0 Å². The number of hydrogen-bond acceptors (Lipinski definition) is 7. The van der Waals surface area contributed by atoms with E-state index in [1.165, 1.54) is 12.1 Å². The van der Waals surface area contributed by atoms with Crippen molar-refractivity contribution in [1.29, 1.82) is 0 Å². The van der Waals surface area contributed by atoms with E-state index in [-0.39, 0.29) is 23.4 Å². The molecule has 1 amide bonds. The number of phenols is 2. The molecule has 2 spiro atoms. The SMILES string of the molecule is O=C1OC2(CCN(C3=NC(=O)C4(Cc5cc(O)c(O)cc5C4)O3)CC2)c2ccccc21. The first-order chi connectivity index (χ1) is 14.9. The van der Waals surface area contributed by atoms with Crippen molar-refractivity contribution in [2.45, 2.75) is 36.9 Å². The fourth-order valence-electron chi connectivity index (χ4n) is 5.24. The predicted molar refractivity (Wildman–Crippen MR) is 108 cm³/mol. The number of benzene rings is 2. The summed E-state index contributed by atoms with van der Waals surface area (Å²) in [6.07, 6.45) is 1.76. The van der Waals surface area contributed by atoms with Crippen LogP contribution >= 0.6 is 0 Å². The molecular formula is C23H20N2O6. The predicted octanol–water partition coefficient (Wildman–Crippen LogP) is 2.01. The van der Waals surface area contributed by atoms with E-state index in [4.69, 9.17) is 9.47 Å². The molecule has 0 atom stereocenters. The van der Waals surface area contributed by atoms with Crippen LogP contribution in [0.25, 0.3) is 0 Å². The molecule has 2 N–H and O–H groups in total. The number of esters is 1. The van der Waals surface area contributed by atoms with Gasteiger partial charge in [0, 0.05) is 44.3 Å². The molecule has 158 valence electrons. The van der Waals surface area contributed by atoms with E-state index in [9.17, 15) is 19.8 Å². The van der Waals surface area contributed by atoms with E-state index in [0.717, 1.165) is 16.7 Å². The maximum Gasteiger partial charge on any atom is 0.339 e. The summed E-state index contributed by atoms with van der Waals surface area (Å²) in [6, 6.07) is 10.7. The molecule has 0 bridgehead atoms. The molecule has 1 aliphatic carbocycles. The molecule has 2 aromatic rings. The number of amides is 1. The van der Waals surface area contributed by atoms with Gasteiger partial charge < -0.3 is 24.6 Å². The molecule has 8 nitrogen and oxygen atoms in total. The molecule has 31 heavy (non-hydrogen) atoms. The number of hydrogen-bond donors (Lipinski definition) is 2. The summed E-state index contributed by atoms with van der Waals surface area (Å²) in [6.45, 7) is 1.08. The molecular weight excluding hydrogens is 400 g/mol. The van der Waals surface area contributed by atoms with Crippen LogP contribution in [0.15, 0.2) is 41.4 Å². The van der Waals surface area contributed by atoms with Crippen molar-refractivity contribution in [3.8, 4) is 11.5 Å². The monoisotopic (exact) mass is 420 g/mol. The number of phenolic OH excluding ortho intramolecular Hbond substituents is 2. The Balaban J connectivity index is 1.20. The summed E-state index contributed by atoms with van der Waals surface area (Å²) < 4.78 is 11.9. The maximum atomic E-state index is 12.8. The van der Waals surface area contributed by atoms with Gasteiger partial charge in [0.05, 0.1) is 5.56 Å². The molecule has 3 heterocycles. The fourth-order valence-corrected chi connectivity index (χ4v) is 5.24. The number of nitrogens with zero attached hydrogens (tertiary/aromatic N) is 2. The van der Waals surface area contributed by atoms with Gasteiger partial charge in [-0.1, -0.05) is 18.2 Å². The minimum atomic E-state index is -1.13. The lowest BCUT2D eigenvalue weighted by atomic mass is 9.84. The van der Waals surface area contributed by atoms with Crippen LogP contribution < -0.4 is 0 Å². The van der Waals surface area contributed by atoms with Crippen LogP contribution in [0.2, 0.25) is 0 Å². The van der Waals surface area contributed by atoms with Crippen LogP contribution in [0.4, 0.5) is 0 Å². The summed E-state index contributed by atoms with van der Waals surface area (Å²) in [5.74, 6) is -1.07. The van der Waals surface area contributed by atoms with E-state index >= 15 is 0 Å². The van der Waals surface area contributed by atoms with E-state index in [0.29, 0.717) is 50.4 Å². The van der Waals surface area contributed by atoms with Crippen LogP contribution in [-0.2, 0) is 32.7 Å². The lowest BCUT2D eigenvalue weighted by molar-refractivity contribution is -0.130. The fraction of sp³-hybridized carbons (Fsp3) is 0.348. The molecule has 0 saturated carbocycles. The first-order valence-electron chi connectivity index (χ1n) is 10.3. The van der Waals surface area contributed by atoms with Crippen molar-refractivity contribution >= 4 is 17.9 Å². The molecule has 2 aromatic carbocycles. The van der Waals surface area contributed by atoms with Gasteiger partial charge in [0.2, 0.25) is 5.60 Å². The lowest BCUT2D eigenvalue weighted by Crippen LogP contribution is -2.47. The van der Waals surface area contributed by atoms with Gasteiger partial charge in [0.25, 0.3) is 11.9 Å². The number of amidine groups is 1. The number of ether oxygens (including phenoxy) is 2. The topological polar surface area (TPSA) is 109 Å². The molecule has 6 rings (SSSR count). The molecule has 0 unspecified atom stereocenters. The molecule has 1 fully saturated rings. The number of rotatable bonds is 0. The average Bonchev–Trinajstić information content (AvgIpc) is 3.36. The first-order valence-corrected chi connectivity index (χ1v) is 10.3. The third kappa shape index (κ3) is 2.50. The van der Waals surface area contributed by atoms with Crippen molar-refractivity contribution in [1.82, 2.24) is 4.90 Å². The highest BCUT2D eigenvalue weighted by molar-refractivity contribution is 6.02. The number of carbonyl (C=O) groups excluding carboxylic acids is 2. The second-order valence-corrected chi connectivity index (χ2v) is 8.68. The van der Waals surface area contributed by atoms with Crippen molar-refractivity contribution < 1.29 is 29.3 Å². The second kappa shape index (κ2) is 6.00. The van der Waals surface area contributed by atoms with E-state index in [2.05, 4.69) is 4.99 Å². The Morgan fingerprint density at radius 2 is 1.55 bits per heavy atom. The third-order valence-corrected chi connectivity index (χ3v) is 6.89. The van der Waals surface area contributed by atoms with Gasteiger partial charge in [0.15, 0.2) is 11.5 Å². The minimum Gasteiger partial charge on any atom is -0.504 e. The van der Waals surface area contributed by atoms with Crippen LogP contribution in [-0.4, -0.2) is 51.7 Å². The average molecular weight is 420 g/mol. The molecule has 3 aliphatic heterocycles. The van der Waals surface area contributed by atoms with Gasteiger partial charge >= 0.3 is 5.97 Å². The van der Waals surface area contributed by atoms with E-state index in [1.54, 1.807) is 6.07 Å². The number of carbonyl (C=O) groups is 2. The zero-order valence-electron chi connectivity index (χ0n) is 16.6. The van der Waals surface area contributed by atoms with Gasteiger partial charge in [-0.15, -0.1) is 0 Å². The van der Waals surface area contributed by atoms with Crippen molar-refractivity contribution in [2.75, 3.05) is 13.1 Å². The van der Waals surface area contributed by atoms with Gasteiger partial charge in [-0.3, -0.25) is 4.79 Å². The standard InChI is InChI=1S/C23H20N2O6/c26-17-9-13-11-23(12-14(13)10-18(17)27)20(29)24-21(31-23)25-7-5-22(6-8-25)16-4-2-1-3-15(16)19(28)30-22/h1-4,9-10,26-27H,5-8,11-12H2. The Kier molecular flexibility index (Phi) is 3.53. The first kappa shape index (κ1) is 18.2. The van der Waals surface area contributed by atoms with E-state index < -0.39 is 11.2 Å². The highest BCUT2D eigenvalue weighted by atomic mass is 16.6. The van der Waals surface area contributed by atoms with Crippen LogP contribution in [0.3, 0.4) is 0 Å². The highest BCUT2D eigenvalue weighted by Crippen LogP contribution is 2.45. The Morgan fingerprint density at radius 1 is 0.903 bits per heavy atom. The summed E-state index contributed by atoms with van der Waals surface area (Å²) in [4.78, 5) is 31.2. The van der Waals surface area contributed by atoms with Gasteiger partial charge in [-0.05, 0) is 29.3 Å². The quantitative estimate of drug-likeness (QED) is 0.496. The second-order valence-electron chi connectivity index (χ2n) is 8.68. The Labute approximate surface area is 177 Å². The third-order valence-electron chi connectivity index (χ3n) is 6.89. The van der Waals surface area contributed by atoms with Crippen molar-refractivity contribution in [3.05, 3.63) is 58.7 Å².